The lowest BCUT2D eigenvalue weighted by atomic mass is 10.0. The summed E-state index contributed by atoms with van der Waals surface area (Å²) in [6.07, 6.45) is 11.8. The highest BCUT2D eigenvalue weighted by Crippen LogP contribution is 2.27. The van der Waals surface area contributed by atoms with Crippen LogP contribution in [0.4, 0.5) is 4.79 Å². The third-order valence-corrected chi connectivity index (χ3v) is 5.41. The van der Waals surface area contributed by atoms with Crippen LogP contribution in [0.2, 0.25) is 0 Å². The van der Waals surface area contributed by atoms with Gasteiger partial charge < -0.3 is 15.4 Å². The van der Waals surface area contributed by atoms with Crippen LogP contribution >= 0.6 is 11.8 Å². The number of ether oxygens (including phenoxy) is 1. The van der Waals surface area contributed by atoms with E-state index in [9.17, 15) is 4.79 Å². The van der Waals surface area contributed by atoms with Crippen LogP contribution in [-0.4, -0.2) is 42.8 Å². The molecule has 3 atom stereocenters. The van der Waals surface area contributed by atoms with E-state index in [0.717, 1.165) is 44.1 Å². The lowest BCUT2D eigenvalue weighted by Crippen LogP contribution is -2.41. The predicted molar refractivity (Wildman–Crippen MR) is 84.3 cm³/mol. The fraction of sp³-hybridized carbons (Fsp3) is 0.933. The Bertz CT molecular complexity index is 296. The second-order valence-corrected chi connectivity index (χ2v) is 7.04. The molecular weight excluding hydrogens is 272 g/mol. The highest BCUT2D eigenvalue weighted by atomic mass is 32.2. The number of thioether (sulfide) groups is 1. The third kappa shape index (κ3) is 5.52. The van der Waals surface area contributed by atoms with E-state index in [4.69, 9.17) is 4.74 Å². The second kappa shape index (κ2) is 8.78. The van der Waals surface area contributed by atoms with E-state index in [1.165, 1.54) is 25.7 Å². The smallest absolute Gasteiger partial charge is 0.315 e. The molecule has 1 aliphatic heterocycles. The monoisotopic (exact) mass is 300 g/mol. The quantitative estimate of drug-likeness (QED) is 0.742. The van der Waals surface area contributed by atoms with Gasteiger partial charge in [0.2, 0.25) is 0 Å². The van der Waals surface area contributed by atoms with E-state index in [1.807, 2.05) is 11.8 Å². The predicted octanol–water partition coefficient (Wildman–Crippen LogP) is 2.92. The SMILES string of the molecule is CS[C@@H]1CC[C@H](NC(=O)NCCC[C@@H]2CCCCO2)C1. The van der Waals surface area contributed by atoms with Crippen LogP contribution in [0, 0.1) is 0 Å². The summed E-state index contributed by atoms with van der Waals surface area (Å²) in [6.45, 7) is 1.67. The summed E-state index contributed by atoms with van der Waals surface area (Å²) in [5.74, 6) is 0. The summed E-state index contributed by atoms with van der Waals surface area (Å²) in [6, 6.07) is 0.371. The first-order valence-electron chi connectivity index (χ1n) is 7.96. The highest BCUT2D eigenvalue weighted by molar-refractivity contribution is 7.99. The maximum Gasteiger partial charge on any atom is 0.315 e. The molecule has 2 rings (SSSR count). The molecule has 1 aliphatic carbocycles. The Morgan fingerprint density at radius 2 is 2.20 bits per heavy atom. The molecule has 116 valence electrons. The van der Waals surface area contributed by atoms with Gasteiger partial charge in [-0.05, 0) is 57.6 Å². The summed E-state index contributed by atoms with van der Waals surface area (Å²) in [5.41, 5.74) is 0. The van der Waals surface area contributed by atoms with Gasteiger partial charge in [0, 0.05) is 24.4 Å². The standard InChI is InChI=1S/C15H28N2O2S/c1-20-14-8-7-12(11-14)17-15(18)16-9-4-6-13-5-2-3-10-19-13/h12-14H,2-11H2,1H3,(H2,16,17,18)/t12-,13-,14+/m0/s1. The van der Waals surface area contributed by atoms with Crippen molar-refractivity contribution in [2.75, 3.05) is 19.4 Å². The molecule has 5 heteroatoms. The average Bonchev–Trinajstić information content (AvgIpc) is 2.92. The Labute approximate surface area is 126 Å². The van der Waals surface area contributed by atoms with E-state index in [-0.39, 0.29) is 6.03 Å². The van der Waals surface area contributed by atoms with Gasteiger partial charge in [-0.1, -0.05) is 0 Å². The van der Waals surface area contributed by atoms with Crippen molar-refractivity contribution in [3.63, 3.8) is 0 Å². The first-order chi connectivity index (χ1) is 9.78. The fourth-order valence-electron chi connectivity index (χ4n) is 3.09. The van der Waals surface area contributed by atoms with Crippen LogP contribution in [0.3, 0.4) is 0 Å². The molecule has 0 spiro atoms. The van der Waals surface area contributed by atoms with Crippen molar-refractivity contribution in [2.24, 2.45) is 0 Å². The van der Waals surface area contributed by atoms with Crippen LogP contribution in [0.5, 0.6) is 0 Å². The van der Waals surface area contributed by atoms with Crippen LogP contribution in [0.15, 0.2) is 0 Å². The first-order valence-corrected chi connectivity index (χ1v) is 9.25. The number of carbonyl (C=O) groups excluding carboxylic acids is 1. The van der Waals surface area contributed by atoms with E-state index in [0.29, 0.717) is 12.1 Å². The number of urea groups is 1. The zero-order valence-corrected chi connectivity index (χ0v) is 13.3. The number of nitrogens with one attached hydrogen (secondary N) is 2. The van der Waals surface area contributed by atoms with Crippen LogP contribution in [0.1, 0.15) is 51.4 Å². The minimum Gasteiger partial charge on any atom is -0.378 e. The molecule has 2 amide bonds. The molecule has 1 saturated heterocycles. The lowest BCUT2D eigenvalue weighted by molar-refractivity contribution is 0.0103. The summed E-state index contributed by atoms with van der Waals surface area (Å²) in [5, 5.41) is 6.78. The van der Waals surface area contributed by atoms with Gasteiger partial charge in [-0.2, -0.15) is 11.8 Å². The number of hydrogen-bond acceptors (Lipinski definition) is 3. The Balaban J connectivity index is 1.50. The van der Waals surface area contributed by atoms with Crippen molar-refractivity contribution < 1.29 is 9.53 Å². The molecule has 0 unspecified atom stereocenters. The Morgan fingerprint density at radius 1 is 1.30 bits per heavy atom. The van der Waals surface area contributed by atoms with Gasteiger partial charge in [0.15, 0.2) is 0 Å². The average molecular weight is 300 g/mol. The molecule has 0 aromatic carbocycles. The van der Waals surface area contributed by atoms with Gasteiger partial charge in [-0.15, -0.1) is 0 Å². The van der Waals surface area contributed by atoms with E-state index < -0.39 is 0 Å². The number of rotatable bonds is 6. The number of hydrogen-bond donors (Lipinski definition) is 2. The van der Waals surface area contributed by atoms with Gasteiger partial charge in [0.05, 0.1) is 6.10 Å². The van der Waals surface area contributed by atoms with Crippen molar-refractivity contribution in [2.45, 2.75) is 68.8 Å². The zero-order chi connectivity index (χ0) is 14.2. The first kappa shape index (κ1) is 16.0. The topological polar surface area (TPSA) is 50.4 Å². The summed E-state index contributed by atoms with van der Waals surface area (Å²) in [4.78, 5) is 11.8. The summed E-state index contributed by atoms with van der Waals surface area (Å²) >= 11 is 1.91. The molecular formula is C15H28N2O2S. The molecule has 1 saturated carbocycles. The third-order valence-electron chi connectivity index (χ3n) is 4.32. The van der Waals surface area contributed by atoms with Gasteiger partial charge >= 0.3 is 6.03 Å². The number of carbonyl (C=O) groups is 1. The van der Waals surface area contributed by atoms with Crippen molar-refractivity contribution in [1.82, 2.24) is 10.6 Å². The zero-order valence-electron chi connectivity index (χ0n) is 12.5. The molecule has 0 aromatic rings. The van der Waals surface area contributed by atoms with Crippen LogP contribution in [-0.2, 0) is 4.74 Å². The minimum absolute atomic E-state index is 0.00122. The van der Waals surface area contributed by atoms with Gasteiger partial charge in [0.1, 0.15) is 0 Å². The molecule has 0 radical (unpaired) electrons. The largest absolute Gasteiger partial charge is 0.378 e. The van der Waals surface area contributed by atoms with Crippen LogP contribution in [0.25, 0.3) is 0 Å². The molecule has 1 heterocycles. The fourth-order valence-corrected chi connectivity index (χ4v) is 3.88. The van der Waals surface area contributed by atoms with Gasteiger partial charge in [-0.3, -0.25) is 0 Å². The Hall–Kier alpha value is -0.420. The lowest BCUT2D eigenvalue weighted by Gasteiger charge is -2.22. The maximum atomic E-state index is 11.8. The normalized spacial score (nSPS) is 30.1. The molecule has 0 bridgehead atoms. The van der Waals surface area contributed by atoms with Crippen molar-refractivity contribution in [1.29, 1.82) is 0 Å². The number of amides is 2. The van der Waals surface area contributed by atoms with Crippen molar-refractivity contribution in [3.8, 4) is 0 Å². The molecule has 2 N–H and O–H groups in total. The minimum atomic E-state index is 0.00122. The Kier molecular flexibility index (Phi) is 7.00. The molecule has 20 heavy (non-hydrogen) atoms. The van der Waals surface area contributed by atoms with Gasteiger partial charge in [0.25, 0.3) is 0 Å². The van der Waals surface area contributed by atoms with E-state index in [1.54, 1.807) is 0 Å². The maximum absolute atomic E-state index is 11.8. The summed E-state index contributed by atoms with van der Waals surface area (Å²) in [7, 11) is 0. The highest BCUT2D eigenvalue weighted by Gasteiger charge is 2.24. The second-order valence-electron chi connectivity index (χ2n) is 5.90. The van der Waals surface area contributed by atoms with Crippen molar-refractivity contribution in [3.05, 3.63) is 0 Å². The van der Waals surface area contributed by atoms with Crippen molar-refractivity contribution >= 4 is 17.8 Å². The molecule has 0 aromatic heterocycles. The molecule has 4 nitrogen and oxygen atoms in total. The van der Waals surface area contributed by atoms with Crippen LogP contribution < -0.4 is 10.6 Å². The Morgan fingerprint density at radius 3 is 2.90 bits per heavy atom. The van der Waals surface area contributed by atoms with E-state index in [2.05, 4.69) is 16.9 Å². The van der Waals surface area contributed by atoms with Gasteiger partial charge in [-0.25, -0.2) is 4.79 Å². The summed E-state index contributed by atoms with van der Waals surface area (Å²) < 4.78 is 5.69. The van der Waals surface area contributed by atoms with E-state index >= 15 is 0 Å². The molecule has 2 aliphatic rings. The molecule has 2 fully saturated rings.